The second-order valence-electron chi connectivity index (χ2n) is 6.42. The molecule has 2 N–H and O–H groups in total. The van der Waals surface area contributed by atoms with E-state index >= 15 is 0 Å². The first kappa shape index (κ1) is 18.6. The molecule has 0 spiro atoms. The topological polar surface area (TPSA) is 44.5 Å². The molecule has 0 unspecified atom stereocenters. The highest BCUT2D eigenvalue weighted by Crippen LogP contribution is 2.25. The molecule has 3 nitrogen and oxygen atoms in total. The fraction of sp³-hybridized carbons (Fsp3) is 0.167. The minimum atomic E-state index is 0.699. The Morgan fingerprint density at radius 1 is 0.667 bits per heavy atom. The Bertz CT molecular complexity index is 882. The van der Waals surface area contributed by atoms with Crippen LogP contribution in [0.1, 0.15) is 16.7 Å². The van der Waals surface area contributed by atoms with Gasteiger partial charge in [0.05, 0.1) is 14.2 Å². The maximum absolute atomic E-state index is 6.58. The van der Waals surface area contributed by atoms with Gasteiger partial charge in [-0.25, -0.2) is 0 Å². The zero-order valence-corrected chi connectivity index (χ0v) is 15.8. The van der Waals surface area contributed by atoms with Gasteiger partial charge >= 0.3 is 0 Å². The van der Waals surface area contributed by atoms with Crippen LogP contribution in [0.3, 0.4) is 0 Å². The van der Waals surface area contributed by atoms with Gasteiger partial charge < -0.3 is 15.2 Å². The van der Waals surface area contributed by atoms with Gasteiger partial charge in [-0.1, -0.05) is 54.6 Å². The molecule has 3 rings (SSSR count). The molecule has 0 bridgehead atoms. The van der Waals surface area contributed by atoms with E-state index in [1.54, 1.807) is 14.2 Å². The quantitative estimate of drug-likeness (QED) is 0.655. The molecule has 0 saturated carbocycles. The molecule has 0 amide bonds. The second-order valence-corrected chi connectivity index (χ2v) is 6.42. The summed E-state index contributed by atoms with van der Waals surface area (Å²) in [6.07, 6.45) is 1.47. The predicted molar refractivity (Wildman–Crippen MR) is 111 cm³/mol. The van der Waals surface area contributed by atoms with Crippen molar-refractivity contribution in [3.8, 4) is 11.5 Å². The summed E-state index contributed by atoms with van der Waals surface area (Å²) in [5.74, 6) is 1.71. The molecule has 0 radical (unpaired) electrons. The lowest BCUT2D eigenvalue weighted by Crippen LogP contribution is -2.08. The van der Waals surface area contributed by atoms with Crippen LogP contribution < -0.4 is 15.2 Å². The van der Waals surface area contributed by atoms with Crippen LogP contribution in [-0.2, 0) is 12.8 Å². The van der Waals surface area contributed by atoms with Crippen molar-refractivity contribution >= 4 is 5.57 Å². The lowest BCUT2D eigenvalue weighted by molar-refractivity contribution is 0.414. The monoisotopic (exact) mass is 359 g/mol. The number of hydrogen-bond acceptors (Lipinski definition) is 3. The molecule has 3 aromatic rings. The van der Waals surface area contributed by atoms with Crippen molar-refractivity contribution in [1.82, 2.24) is 0 Å². The summed E-state index contributed by atoms with van der Waals surface area (Å²) < 4.78 is 10.5. The van der Waals surface area contributed by atoms with Crippen molar-refractivity contribution in [1.29, 1.82) is 0 Å². The molecule has 0 saturated heterocycles. The lowest BCUT2D eigenvalue weighted by Gasteiger charge is -2.14. The van der Waals surface area contributed by atoms with Gasteiger partial charge in [-0.05, 0) is 52.9 Å². The Morgan fingerprint density at radius 2 is 1.15 bits per heavy atom. The van der Waals surface area contributed by atoms with E-state index in [9.17, 15) is 0 Å². The summed E-state index contributed by atoms with van der Waals surface area (Å²) in [4.78, 5) is 0. The number of benzene rings is 3. The van der Waals surface area contributed by atoms with Crippen molar-refractivity contribution in [2.24, 2.45) is 5.73 Å². The molecule has 0 heterocycles. The summed E-state index contributed by atoms with van der Waals surface area (Å²) in [6.45, 7) is 0. The minimum absolute atomic E-state index is 0.699. The third-order valence-electron chi connectivity index (χ3n) is 4.60. The molecule has 0 aliphatic carbocycles. The van der Waals surface area contributed by atoms with Crippen molar-refractivity contribution in [2.45, 2.75) is 12.8 Å². The van der Waals surface area contributed by atoms with Gasteiger partial charge in [0, 0.05) is 12.1 Å². The van der Waals surface area contributed by atoms with Gasteiger partial charge in [-0.3, -0.25) is 0 Å². The predicted octanol–water partition coefficient (Wildman–Crippen LogP) is 4.86. The number of ether oxygens (including phenoxy) is 2. The average Bonchev–Trinajstić information content (AvgIpc) is 2.73. The van der Waals surface area contributed by atoms with Crippen LogP contribution in [0.15, 0.2) is 84.6 Å². The van der Waals surface area contributed by atoms with E-state index in [1.165, 1.54) is 5.56 Å². The van der Waals surface area contributed by atoms with Crippen molar-refractivity contribution in [3.63, 3.8) is 0 Å². The molecule has 27 heavy (non-hydrogen) atoms. The molecule has 0 atom stereocenters. The highest BCUT2D eigenvalue weighted by atomic mass is 16.5. The van der Waals surface area contributed by atoms with Gasteiger partial charge in [0.25, 0.3) is 0 Å². The fourth-order valence-corrected chi connectivity index (χ4v) is 3.06. The molecular weight excluding hydrogens is 334 g/mol. The third-order valence-corrected chi connectivity index (χ3v) is 4.60. The minimum Gasteiger partial charge on any atom is -0.497 e. The normalized spacial score (nSPS) is 11.6. The number of rotatable bonds is 7. The Kier molecular flexibility index (Phi) is 6.16. The first-order valence-electron chi connectivity index (χ1n) is 8.98. The second kappa shape index (κ2) is 8.95. The smallest absolute Gasteiger partial charge is 0.118 e. The first-order chi connectivity index (χ1) is 13.2. The van der Waals surface area contributed by atoms with Crippen LogP contribution in [0, 0.1) is 0 Å². The number of hydrogen-bond donors (Lipinski definition) is 1. The van der Waals surface area contributed by atoms with E-state index in [1.807, 2.05) is 42.5 Å². The van der Waals surface area contributed by atoms with Crippen LogP contribution in [-0.4, -0.2) is 14.2 Å². The number of nitrogens with two attached hydrogens (primary N) is 1. The van der Waals surface area contributed by atoms with E-state index < -0.39 is 0 Å². The maximum Gasteiger partial charge on any atom is 0.118 e. The van der Waals surface area contributed by atoms with Crippen LogP contribution in [0.5, 0.6) is 11.5 Å². The van der Waals surface area contributed by atoms with Crippen LogP contribution in [0.4, 0.5) is 0 Å². The fourth-order valence-electron chi connectivity index (χ4n) is 3.06. The standard InChI is InChI=1S/C24H25NO2/c1-26-21-12-8-18(9-13-21)16-23(20-6-4-3-5-7-20)24(25)17-19-10-14-22(27-2)15-11-19/h3-15H,16-17,25H2,1-2H3. The third kappa shape index (κ3) is 4.91. The SMILES string of the molecule is COc1ccc(CC(N)=C(Cc2ccc(OC)cc2)c2ccccc2)cc1. The Balaban J connectivity index is 1.90. The zero-order valence-electron chi connectivity index (χ0n) is 15.8. The van der Waals surface area contributed by atoms with E-state index in [4.69, 9.17) is 15.2 Å². The summed E-state index contributed by atoms with van der Waals surface area (Å²) in [5, 5.41) is 0. The van der Waals surface area contributed by atoms with Crippen LogP contribution in [0.25, 0.3) is 5.57 Å². The molecular formula is C24H25NO2. The summed E-state index contributed by atoms with van der Waals surface area (Å²) in [7, 11) is 3.35. The van der Waals surface area contributed by atoms with E-state index in [0.717, 1.165) is 40.3 Å². The first-order valence-corrected chi connectivity index (χ1v) is 8.98. The summed E-state index contributed by atoms with van der Waals surface area (Å²) >= 11 is 0. The van der Waals surface area contributed by atoms with E-state index in [2.05, 4.69) is 36.4 Å². The van der Waals surface area contributed by atoms with Gasteiger partial charge in [0.15, 0.2) is 0 Å². The lowest BCUT2D eigenvalue weighted by atomic mass is 9.94. The highest BCUT2D eigenvalue weighted by molar-refractivity contribution is 5.70. The van der Waals surface area contributed by atoms with Crippen molar-refractivity contribution in [2.75, 3.05) is 14.2 Å². The van der Waals surface area contributed by atoms with Crippen LogP contribution in [0.2, 0.25) is 0 Å². The van der Waals surface area contributed by atoms with Gasteiger partial charge in [-0.15, -0.1) is 0 Å². The molecule has 0 aliphatic heterocycles. The molecule has 0 fully saturated rings. The Morgan fingerprint density at radius 3 is 1.63 bits per heavy atom. The number of allylic oxidation sites excluding steroid dienone is 2. The Hall–Kier alpha value is -3.20. The largest absolute Gasteiger partial charge is 0.497 e. The van der Waals surface area contributed by atoms with Crippen LogP contribution >= 0.6 is 0 Å². The average molecular weight is 359 g/mol. The Labute approximate surface area is 161 Å². The van der Waals surface area contributed by atoms with E-state index in [0.29, 0.717) is 6.42 Å². The molecule has 0 aliphatic rings. The molecule has 138 valence electrons. The maximum atomic E-state index is 6.58. The van der Waals surface area contributed by atoms with Crippen molar-refractivity contribution in [3.05, 3.63) is 101 Å². The van der Waals surface area contributed by atoms with Gasteiger partial charge in [-0.2, -0.15) is 0 Å². The van der Waals surface area contributed by atoms with Gasteiger partial charge in [0.1, 0.15) is 11.5 Å². The van der Waals surface area contributed by atoms with Gasteiger partial charge in [0.2, 0.25) is 0 Å². The summed E-state index contributed by atoms with van der Waals surface area (Å²) in [6, 6.07) is 26.5. The van der Waals surface area contributed by atoms with E-state index in [-0.39, 0.29) is 0 Å². The zero-order chi connectivity index (χ0) is 19.1. The molecule has 3 heteroatoms. The van der Waals surface area contributed by atoms with Crippen molar-refractivity contribution < 1.29 is 9.47 Å². The summed E-state index contributed by atoms with van der Waals surface area (Å²) in [5.41, 5.74) is 12.1. The number of methoxy groups -OCH3 is 2. The molecule has 3 aromatic carbocycles. The molecule has 0 aromatic heterocycles. The highest BCUT2D eigenvalue weighted by Gasteiger charge is 2.09.